The summed E-state index contributed by atoms with van der Waals surface area (Å²) in [5.74, 6) is 0. The van der Waals surface area contributed by atoms with Gasteiger partial charge in [0.15, 0.2) is 18.9 Å². The van der Waals surface area contributed by atoms with Crippen molar-refractivity contribution in [2.45, 2.75) is 79.5 Å². The summed E-state index contributed by atoms with van der Waals surface area (Å²) in [6.07, 6.45) is -22.6. The van der Waals surface area contributed by atoms with Crippen molar-refractivity contribution >= 4 is 12.6 Å². The molecule has 13 atom stereocenters. The van der Waals surface area contributed by atoms with Crippen LogP contribution in [0.2, 0.25) is 0 Å². The molecule has 1 aliphatic rings. The molecule has 1 fully saturated rings. The summed E-state index contributed by atoms with van der Waals surface area (Å²) >= 11 is 0. The summed E-state index contributed by atoms with van der Waals surface area (Å²) in [5.41, 5.74) is 0. The van der Waals surface area contributed by atoms with E-state index in [1.165, 1.54) is 0 Å². The smallest absolute Gasteiger partial charge is 0.187 e. The standard InChI is InChI=1S/C12H22O11.C6H12O6/c13-1-4(16)7(18)11(5(17)2-14)23-12-10(21)9(20)8(19)6(3-15)22-12;7-1-3(9)5(11)6(12)4(10)2-8/h2,4-13,15-21H,1,3H2;1,3-6,8-12H,2H2/t4-,5+,6-,7-,8-,9+,10-,11-,12+;3-,4+,5+,6+/m10/s1. The number of carbonyl (C=O) groups is 2. The third-order valence-electron chi connectivity index (χ3n) is 4.95. The normalized spacial score (nSPS) is 31.5. The molecule has 1 aliphatic heterocycles. The number of aliphatic hydroxyl groups excluding tert-OH is 13. The number of hydrogen-bond donors (Lipinski definition) is 13. The predicted molar refractivity (Wildman–Crippen MR) is 107 cm³/mol. The molecule has 17 heteroatoms. The van der Waals surface area contributed by atoms with Crippen molar-refractivity contribution in [2.24, 2.45) is 0 Å². The number of ether oxygens (including phenoxy) is 2. The van der Waals surface area contributed by atoms with Gasteiger partial charge < -0.3 is 85.4 Å². The molecule has 0 bridgehead atoms. The Morgan fingerprint density at radius 2 is 1.17 bits per heavy atom. The van der Waals surface area contributed by atoms with E-state index in [1.54, 1.807) is 0 Å². The third kappa shape index (κ3) is 9.61. The number of carbonyl (C=O) groups excluding carboxylic acids is 2. The van der Waals surface area contributed by atoms with E-state index in [2.05, 4.69) is 0 Å². The van der Waals surface area contributed by atoms with Crippen LogP contribution in [-0.2, 0) is 19.1 Å². The number of hydrogen-bond acceptors (Lipinski definition) is 17. The fourth-order valence-electron chi connectivity index (χ4n) is 2.72. The minimum Gasteiger partial charge on any atom is -0.394 e. The zero-order valence-electron chi connectivity index (χ0n) is 18.2. The first-order chi connectivity index (χ1) is 16.3. The van der Waals surface area contributed by atoms with Crippen molar-refractivity contribution in [3.8, 4) is 0 Å². The number of aliphatic hydroxyl groups is 13. The van der Waals surface area contributed by atoms with Crippen LogP contribution < -0.4 is 0 Å². The number of aldehydes is 2. The minimum absolute atomic E-state index is 0.0119. The van der Waals surface area contributed by atoms with Crippen LogP contribution in [0.15, 0.2) is 0 Å². The van der Waals surface area contributed by atoms with E-state index < -0.39 is 99.4 Å². The fourth-order valence-corrected chi connectivity index (χ4v) is 2.72. The van der Waals surface area contributed by atoms with Gasteiger partial charge in [0, 0.05) is 0 Å². The highest BCUT2D eigenvalue weighted by Gasteiger charge is 2.46. The van der Waals surface area contributed by atoms with Crippen LogP contribution in [0.25, 0.3) is 0 Å². The van der Waals surface area contributed by atoms with Crippen LogP contribution in [0, 0.1) is 0 Å². The molecular formula is C18H34O17. The summed E-state index contributed by atoms with van der Waals surface area (Å²) in [6, 6.07) is 0. The molecule has 0 saturated carbocycles. The van der Waals surface area contributed by atoms with Crippen molar-refractivity contribution < 1.29 is 85.4 Å². The van der Waals surface area contributed by atoms with Crippen molar-refractivity contribution in [2.75, 3.05) is 19.8 Å². The Morgan fingerprint density at radius 3 is 1.60 bits per heavy atom. The van der Waals surface area contributed by atoms with Crippen molar-refractivity contribution in [1.29, 1.82) is 0 Å². The topological polar surface area (TPSA) is 316 Å². The molecule has 13 N–H and O–H groups in total. The lowest BCUT2D eigenvalue weighted by atomic mass is 9.98. The Balaban J connectivity index is 0.000000814. The van der Waals surface area contributed by atoms with Gasteiger partial charge in [-0.25, -0.2) is 0 Å². The minimum atomic E-state index is -1.95. The third-order valence-corrected chi connectivity index (χ3v) is 4.95. The molecule has 208 valence electrons. The van der Waals surface area contributed by atoms with E-state index in [0.29, 0.717) is 0 Å². The van der Waals surface area contributed by atoms with E-state index in [-0.39, 0.29) is 12.6 Å². The second-order valence-electron chi connectivity index (χ2n) is 7.52. The Hall–Kier alpha value is -1.26. The zero-order chi connectivity index (χ0) is 27.5. The van der Waals surface area contributed by atoms with Crippen molar-refractivity contribution in [1.82, 2.24) is 0 Å². The SMILES string of the molecule is O=C[C@H](O)[C@@H](O)[C@H](O)[C@H](O)CO.O=C[C@H](O)[C@@H](O[C@@H]1O[C@H](CO)[C@@H](O)[C@H](O)[C@H]1O)[C@H](O)[C@H](O)CO. The summed E-state index contributed by atoms with van der Waals surface area (Å²) in [5, 5.41) is 119. The summed E-state index contributed by atoms with van der Waals surface area (Å²) < 4.78 is 10.0. The van der Waals surface area contributed by atoms with Crippen LogP contribution >= 0.6 is 0 Å². The lowest BCUT2D eigenvalue weighted by molar-refractivity contribution is -0.324. The zero-order valence-corrected chi connectivity index (χ0v) is 18.2. The monoisotopic (exact) mass is 522 g/mol. The van der Waals surface area contributed by atoms with Crippen LogP contribution in [0.5, 0.6) is 0 Å². The van der Waals surface area contributed by atoms with E-state index >= 15 is 0 Å². The highest BCUT2D eigenvalue weighted by atomic mass is 16.7. The van der Waals surface area contributed by atoms with Gasteiger partial charge in [0.25, 0.3) is 0 Å². The van der Waals surface area contributed by atoms with Gasteiger partial charge in [0.05, 0.1) is 19.8 Å². The molecule has 1 rings (SSSR count). The van der Waals surface area contributed by atoms with Gasteiger partial charge in [0.2, 0.25) is 0 Å². The van der Waals surface area contributed by atoms with Gasteiger partial charge in [0.1, 0.15) is 73.2 Å². The van der Waals surface area contributed by atoms with Gasteiger partial charge in [-0.2, -0.15) is 0 Å². The molecule has 0 aromatic heterocycles. The summed E-state index contributed by atoms with van der Waals surface area (Å²) in [4.78, 5) is 20.6. The molecule has 1 saturated heterocycles. The average molecular weight is 522 g/mol. The van der Waals surface area contributed by atoms with E-state index in [1.807, 2.05) is 0 Å². The van der Waals surface area contributed by atoms with Crippen molar-refractivity contribution in [3.63, 3.8) is 0 Å². The second kappa shape index (κ2) is 16.5. The average Bonchev–Trinajstić information content (AvgIpc) is 2.88. The Labute approximate surface area is 198 Å². The van der Waals surface area contributed by atoms with Gasteiger partial charge in [-0.1, -0.05) is 0 Å². The molecule has 0 amide bonds. The van der Waals surface area contributed by atoms with E-state index in [4.69, 9.17) is 45.2 Å². The van der Waals surface area contributed by atoms with Gasteiger partial charge >= 0.3 is 0 Å². The maximum Gasteiger partial charge on any atom is 0.187 e. The summed E-state index contributed by atoms with van der Waals surface area (Å²) in [6.45, 7) is -2.39. The predicted octanol–water partition coefficient (Wildman–Crippen LogP) is -8.93. The van der Waals surface area contributed by atoms with Crippen LogP contribution in [0.1, 0.15) is 0 Å². The molecule has 17 nitrogen and oxygen atoms in total. The first kappa shape index (κ1) is 33.7. The van der Waals surface area contributed by atoms with Gasteiger partial charge in [-0.05, 0) is 0 Å². The van der Waals surface area contributed by atoms with Crippen LogP contribution in [-0.4, -0.2) is 178 Å². The molecule has 0 radical (unpaired) electrons. The van der Waals surface area contributed by atoms with Crippen LogP contribution in [0.3, 0.4) is 0 Å². The molecule has 1 heterocycles. The maximum atomic E-state index is 10.7. The Morgan fingerprint density at radius 1 is 0.686 bits per heavy atom. The molecule has 35 heavy (non-hydrogen) atoms. The molecule has 0 aromatic carbocycles. The van der Waals surface area contributed by atoms with Gasteiger partial charge in [-0.15, -0.1) is 0 Å². The van der Waals surface area contributed by atoms with Gasteiger partial charge in [-0.3, -0.25) is 0 Å². The first-order valence-electron chi connectivity index (χ1n) is 10.2. The largest absolute Gasteiger partial charge is 0.394 e. The van der Waals surface area contributed by atoms with Crippen molar-refractivity contribution in [3.05, 3.63) is 0 Å². The van der Waals surface area contributed by atoms with E-state index in [0.717, 1.165) is 0 Å². The molecule has 0 aliphatic carbocycles. The lowest BCUT2D eigenvalue weighted by Gasteiger charge is -2.41. The fraction of sp³-hybridized carbons (Fsp3) is 0.889. The highest BCUT2D eigenvalue weighted by molar-refractivity contribution is 5.57. The molecule has 0 spiro atoms. The first-order valence-corrected chi connectivity index (χ1v) is 10.2. The Kier molecular flexibility index (Phi) is 15.9. The quantitative estimate of drug-likeness (QED) is 0.0998. The number of rotatable bonds is 13. The van der Waals surface area contributed by atoms with Crippen LogP contribution in [0.4, 0.5) is 0 Å². The Bertz CT molecular complexity index is 593. The molecule has 0 aromatic rings. The second-order valence-corrected chi connectivity index (χ2v) is 7.52. The molecule has 0 unspecified atom stereocenters. The highest BCUT2D eigenvalue weighted by Crippen LogP contribution is 2.24. The summed E-state index contributed by atoms with van der Waals surface area (Å²) in [7, 11) is 0. The lowest BCUT2D eigenvalue weighted by Crippen LogP contribution is -2.61. The molecular weight excluding hydrogens is 488 g/mol. The van der Waals surface area contributed by atoms with E-state index in [9.17, 15) is 40.2 Å². The maximum absolute atomic E-state index is 10.7.